The predicted molar refractivity (Wildman–Crippen MR) is 104 cm³/mol. The summed E-state index contributed by atoms with van der Waals surface area (Å²) in [6, 6.07) is 10.4. The fourth-order valence-corrected chi connectivity index (χ4v) is 4.43. The molecule has 0 bridgehead atoms. The van der Waals surface area contributed by atoms with Gasteiger partial charge in [0.2, 0.25) is 0 Å². The molecule has 1 heterocycles. The molecule has 0 radical (unpaired) electrons. The molecule has 0 spiro atoms. The lowest BCUT2D eigenvalue weighted by Crippen LogP contribution is -2.27. The van der Waals surface area contributed by atoms with Gasteiger partial charge in [0.1, 0.15) is 5.75 Å². The zero-order valence-electron chi connectivity index (χ0n) is 14.8. The van der Waals surface area contributed by atoms with Crippen LogP contribution in [0.5, 0.6) is 5.75 Å². The third-order valence-corrected chi connectivity index (χ3v) is 5.83. The van der Waals surface area contributed by atoms with Crippen LogP contribution in [0.4, 0.5) is 0 Å². The monoisotopic (exact) mass is 397 g/mol. The molecule has 25 heavy (non-hydrogen) atoms. The highest BCUT2D eigenvalue weighted by atomic mass is 79.9. The fraction of sp³-hybridized carbons (Fsp3) is 0.286. The number of ether oxygens (including phenoxy) is 1. The number of rotatable bonds is 2. The van der Waals surface area contributed by atoms with E-state index in [1.54, 1.807) is 14.0 Å². The molecule has 0 saturated carbocycles. The summed E-state index contributed by atoms with van der Waals surface area (Å²) in [4.78, 5) is 15.7. The number of benzene rings is 2. The number of methoxy groups -OCH3 is 1. The number of halogens is 1. The topological polar surface area (TPSA) is 42.1 Å². The van der Waals surface area contributed by atoms with Crippen molar-refractivity contribution >= 4 is 32.6 Å². The van der Waals surface area contributed by atoms with Gasteiger partial charge in [-0.2, -0.15) is 0 Å². The van der Waals surface area contributed by atoms with Gasteiger partial charge in [-0.05, 0) is 47.9 Å². The van der Waals surface area contributed by atoms with Crippen molar-refractivity contribution in [1.29, 1.82) is 0 Å². The average Bonchev–Trinajstić information content (AvgIpc) is 2.92. The summed E-state index contributed by atoms with van der Waals surface area (Å²) in [6.45, 7) is 6.04. The first-order valence-electron chi connectivity index (χ1n) is 8.36. The largest absolute Gasteiger partial charge is 0.496 e. The lowest BCUT2D eigenvalue weighted by atomic mass is 9.71. The third kappa shape index (κ3) is 2.35. The molecular weight excluding hydrogens is 378 g/mol. The van der Waals surface area contributed by atoms with E-state index >= 15 is 0 Å². The second-order valence-corrected chi connectivity index (χ2v) is 8.15. The number of nitrogens with one attached hydrogen (secondary N) is 1. The van der Waals surface area contributed by atoms with Gasteiger partial charge in [-0.25, -0.2) is 0 Å². The van der Waals surface area contributed by atoms with Gasteiger partial charge >= 0.3 is 0 Å². The number of fused-ring (bicyclic) bond motifs is 4. The van der Waals surface area contributed by atoms with E-state index in [1.807, 2.05) is 12.1 Å². The Balaban J connectivity index is 2.00. The van der Waals surface area contributed by atoms with Crippen molar-refractivity contribution in [3.05, 3.63) is 62.8 Å². The van der Waals surface area contributed by atoms with E-state index in [1.165, 1.54) is 27.8 Å². The molecule has 0 aliphatic heterocycles. The van der Waals surface area contributed by atoms with E-state index in [9.17, 15) is 4.79 Å². The zero-order chi connectivity index (χ0) is 17.9. The molecule has 1 aliphatic carbocycles. The normalized spacial score (nSPS) is 14.9. The number of aromatic nitrogens is 1. The highest BCUT2D eigenvalue weighted by molar-refractivity contribution is 9.10. The van der Waals surface area contributed by atoms with Gasteiger partial charge in [-0.3, -0.25) is 4.79 Å². The summed E-state index contributed by atoms with van der Waals surface area (Å²) in [6.07, 6.45) is 0.819. The van der Waals surface area contributed by atoms with E-state index in [0.29, 0.717) is 11.3 Å². The second-order valence-electron chi connectivity index (χ2n) is 7.24. The van der Waals surface area contributed by atoms with Crippen LogP contribution >= 0.6 is 15.9 Å². The molecular formula is C21H20BrNO2. The van der Waals surface area contributed by atoms with Crippen molar-refractivity contribution in [2.45, 2.75) is 32.6 Å². The van der Waals surface area contributed by atoms with Gasteiger partial charge in [0, 0.05) is 32.9 Å². The quantitative estimate of drug-likeness (QED) is 0.590. The van der Waals surface area contributed by atoms with Gasteiger partial charge in [-0.15, -0.1) is 0 Å². The number of ketones is 1. The highest BCUT2D eigenvalue weighted by Crippen LogP contribution is 2.45. The molecule has 0 fully saturated rings. The minimum atomic E-state index is -0.184. The van der Waals surface area contributed by atoms with Crippen molar-refractivity contribution in [3.8, 4) is 5.75 Å². The summed E-state index contributed by atoms with van der Waals surface area (Å²) in [5.41, 5.74) is 6.59. The zero-order valence-corrected chi connectivity index (χ0v) is 16.4. The van der Waals surface area contributed by atoms with Crippen LogP contribution in [0.25, 0.3) is 10.9 Å². The van der Waals surface area contributed by atoms with Crippen molar-refractivity contribution in [1.82, 2.24) is 4.98 Å². The highest BCUT2D eigenvalue weighted by Gasteiger charge is 2.36. The van der Waals surface area contributed by atoms with Crippen LogP contribution in [0, 0.1) is 0 Å². The summed E-state index contributed by atoms with van der Waals surface area (Å²) >= 11 is 3.55. The second kappa shape index (κ2) is 5.46. The Hall–Kier alpha value is -2.07. The molecule has 128 valence electrons. The van der Waals surface area contributed by atoms with Crippen LogP contribution in [0.15, 0.2) is 34.8 Å². The van der Waals surface area contributed by atoms with Gasteiger partial charge in [-0.1, -0.05) is 35.8 Å². The van der Waals surface area contributed by atoms with Crippen LogP contribution in [0.3, 0.4) is 0 Å². The molecule has 4 heteroatoms. The number of Topliss-reactive ketones (excluding diaryl/α,β-unsaturated/α-hetero) is 1. The number of aromatic amines is 1. The van der Waals surface area contributed by atoms with Crippen LogP contribution in [0.2, 0.25) is 0 Å². The van der Waals surface area contributed by atoms with Gasteiger partial charge in [0.15, 0.2) is 5.78 Å². The maximum absolute atomic E-state index is 12.0. The number of carbonyl (C=O) groups excluding carboxylic acids is 1. The molecule has 0 saturated heterocycles. The molecule has 3 aromatic rings. The minimum absolute atomic E-state index is 0.0334. The van der Waals surface area contributed by atoms with Crippen molar-refractivity contribution in [2.75, 3.05) is 7.11 Å². The van der Waals surface area contributed by atoms with Gasteiger partial charge in [0.05, 0.1) is 12.7 Å². The Kier molecular flexibility index (Phi) is 3.58. The Morgan fingerprint density at radius 1 is 1.24 bits per heavy atom. The van der Waals surface area contributed by atoms with Crippen molar-refractivity contribution < 1.29 is 9.53 Å². The van der Waals surface area contributed by atoms with Crippen LogP contribution in [0.1, 0.15) is 53.5 Å². The SMILES string of the molecule is COc1cc2c(cc1C(C)=O)Cc1c([nH]c3cc(Br)ccc13)C2(C)C. The molecule has 0 unspecified atom stereocenters. The lowest BCUT2D eigenvalue weighted by molar-refractivity contribution is 0.101. The van der Waals surface area contributed by atoms with E-state index in [4.69, 9.17) is 4.74 Å². The van der Waals surface area contributed by atoms with Crippen molar-refractivity contribution in [3.63, 3.8) is 0 Å². The molecule has 3 nitrogen and oxygen atoms in total. The van der Waals surface area contributed by atoms with E-state index in [-0.39, 0.29) is 11.2 Å². The number of H-pyrrole nitrogens is 1. The lowest BCUT2D eigenvalue weighted by Gasteiger charge is -2.33. The maximum atomic E-state index is 12.0. The Morgan fingerprint density at radius 3 is 2.68 bits per heavy atom. The Morgan fingerprint density at radius 2 is 2.00 bits per heavy atom. The summed E-state index contributed by atoms with van der Waals surface area (Å²) < 4.78 is 6.56. The Bertz CT molecular complexity index is 1030. The van der Waals surface area contributed by atoms with Crippen LogP contribution < -0.4 is 4.74 Å². The standard InChI is InChI=1S/C21H20BrNO2/c1-11(24)15-7-12-8-16-14-6-5-13(22)9-18(14)23-20(16)21(2,3)17(12)10-19(15)25-4/h5-7,9-10,23H,8H2,1-4H3. The van der Waals surface area contributed by atoms with Crippen LogP contribution in [-0.2, 0) is 11.8 Å². The number of carbonyl (C=O) groups is 1. The fourth-order valence-electron chi connectivity index (χ4n) is 4.07. The smallest absolute Gasteiger partial charge is 0.163 e. The first-order valence-corrected chi connectivity index (χ1v) is 9.15. The van der Waals surface area contributed by atoms with Gasteiger partial charge in [0.25, 0.3) is 0 Å². The summed E-state index contributed by atoms with van der Waals surface area (Å²) in [5, 5.41) is 1.25. The van der Waals surface area contributed by atoms with Gasteiger partial charge < -0.3 is 9.72 Å². The molecule has 2 aromatic carbocycles. The molecule has 1 aliphatic rings. The molecule has 4 rings (SSSR count). The van der Waals surface area contributed by atoms with Crippen LogP contribution in [-0.4, -0.2) is 17.9 Å². The van der Waals surface area contributed by atoms with E-state index < -0.39 is 0 Å². The molecule has 1 N–H and O–H groups in total. The first-order chi connectivity index (χ1) is 11.8. The molecule has 1 aromatic heterocycles. The van der Waals surface area contributed by atoms with E-state index in [0.717, 1.165) is 16.4 Å². The minimum Gasteiger partial charge on any atom is -0.496 e. The summed E-state index contributed by atoms with van der Waals surface area (Å²) in [7, 11) is 1.62. The number of hydrogen-bond donors (Lipinski definition) is 1. The number of hydrogen-bond acceptors (Lipinski definition) is 2. The molecule has 0 amide bonds. The first kappa shape index (κ1) is 16.4. The Labute approximate surface area is 155 Å². The summed E-state index contributed by atoms with van der Waals surface area (Å²) in [5.74, 6) is 0.688. The molecule has 0 atom stereocenters. The maximum Gasteiger partial charge on any atom is 0.163 e. The average molecular weight is 398 g/mol. The third-order valence-electron chi connectivity index (χ3n) is 5.34. The predicted octanol–water partition coefficient (Wildman–Crippen LogP) is 5.37. The van der Waals surface area contributed by atoms with E-state index in [2.05, 4.69) is 53.0 Å². The van der Waals surface area contributed by atoms with Crippen molar-refractivity contribution in [2.24, 2.45) is 0 Å².